The molecule has 23 heavy (non-hydrogen) atoms. The lowest BCUT2D eigenvalue weighted by molar-refractivity contribution is -0.118. The Labute approximate surface area is 150 Å². The van der Waals surface area contributed by atoms with Crippen molar-refractivity contribution < 1.29 is 9.53 Å². The van der Waals surface area contributed by atoms with Crippen LogP contribution in [0.1, 0.15) is 31.7 Å². The lowest BCUT2D eigenvalue weighted by Gasteiger charge is -2.16. The SMILES string of the molecule is CC[C@@H](C)c1ccccc1NC(=O)COc1ccc(Cl)cc1Br. The minimum absolute atomic E-state index is 0.0604. The van der Waals surface area contributed by atoms with Crippen molar-refractivity contribution in [1.82, 2.24) is 0 Å². The van der Waals surface area contributed by atoms with Gasteiger partial charge >= 0.3 is 0 Å². The molecule has 0 unspecified atom stereocenters. The number of para-hydroxylation sites is 1. The number of halogens is 2. The molecule has 2 aromatic carbocycles. The average Bonchev–Trinajstić information content (AvgIpc) is 2.54. The van der Waals surface area contributed by atoms with E-state index in [4.69, 9.17) is 16.3 Å². The van der Waals surface area contributed by atoms with Crippen LogP contribution in [0.5, 0.6) is 5.75 Å². The smallest absolute Gasteiger partial charge is 0.262 e. The van der Waals surface area contributed by atoms with Crippen molar-refractivity contribution in [3.63, 3.8) is 0 Å². The van der Waals surface area contributed by atoms with Gasteiger partial charge in [-0.25, -0.2) is 0 Å². The van der Waals surface area contributed by atoms with Crippen LogP contribution in [-0.2, 0) is 4.79 Å². The van der Waals surface area contributed by atoms with E-state index in [9.17, 15) is 4.79 Å². The summed E-state index contributed by atoms with van der Waals surface area (Å²) < 4.78 is 6.26. The van der Waals surface area contributed by atoms with Gasteiger partial charge in [0.05, 0.1) is 4.47 Å². The normalized spacial score (nSPS) is 11.8. The molecule has 1 atom stereocenters. The van der Waals surface area contributed by atoms with Crippen LogP contribution in [0.15, 0.2) is 46.9 Å². The van der Waals surface area contributed by atoms with Crippen LogP contribution in [-0.4, -0.2) is 12.5 Å². The molecular formula is C18H19BrClNO2. The monoisotopic (exact) mass is 395 g/mol. The Balaban J connectivity index is 2.00. The predicted molar refractivity (Wildman–Crippen MR) is 98.4 cm³/mol. The molecule has 0 radical (unpaired) electrons. The number of carbonyl (C=O) groups is 1. The maximum absolute atomic E-state index is 12.1. The number of benzene rings is 2. The first-order valence-electron chi connectivity index (χ1n) is 7.48. The standard InChI is InChI=1S/C18H19BrClNO2/c1-3-12(2)14-6-4-5-7-16(14)21-18(22)11-23-17-9-8-13(20)10-15(17)19/h4-10,12H,3,11H2,1-2H3,(H,21,22)/t12-/m1/s1. The van der Waals surface area contributed by atoms with Gasteiger partial charge in [0, 0.05) is 10.7 Å². The van der Waals surface area contributed by atoms with Crippen molar-refractivity contribution in [2.75, 3.05) is 11.9 Å². The number of anilines is 1. The summed E-state index contributed by atoms with van der Waals surface area (Å²) in [5.74, 6) is 0.778. The highest BCUT2D eigenvalue weighted by molar-refractivity contribution is 9.10. The molecule has 0 spiro atoms. The first kappa shape index (κ1) is 17.8. The van der Waals surface area contributed by atoms with Crippen molar-refractivity contribution >= 4 is 39.1 Å². The predicted octanol–water partition coefficient (Wildman–Crippen LogP) is 5.63. The third-order valence-electron chi connectivity index (χ3n) is 3.63. The van der Waals surface area contributed by atoms with Gasteiger partial charge in [-0.05, 0) is 58.1 Å². The molecule has 5 heteroatoms. The summed E-state index contributed by atoms with van der Waals surface area (Å²) in [6.45, 7) is 4.21. The maximum atomic E-state index is 12.1. The molecule has 0 aliphatic rings. The molecule has 2 aromatic rings. The van der Waals surface area contributed by atoms with E-state index in [0.717, 1.165) is 22.1 Å². The van der Waals surface area contributed by atoms with Crippen molar-refractivity contribution in [2.45, 2.75) is 26.2 Å². The number of rotatable bonds is 6. The summed E-state index contributed by atoms with van der Waals surface area (Å²) in [5, 5.41) is 3.53. The van der Waals surface area contributed by atoms with Crippen LogP contribution in [0.3, 0.4) is 0 Å². The number of hydrogen-bond donors (Lipinski definition) is 1. The van der Waals surface area contributed by atoms with Gasteiger partial charge in [-0.2, -0.15) is 0 Å². The highest BCUT2D eigenvalue weighted by atomic mass is 79.9. The van der Waals surface area contributed by atoms with Crippen LogP contribution in [0, 0.1) is 0 Å². The third-order valence-corrected chi connectivity index (χ3v) is 4.49. The van der Waals surface area contributed by atoms with Gasteiger partial charge in [0.15, 0.2) is 6.61 Å². The molecule has 3 nitrogen and oxygen atoms in total. The minimum Gasteiger partial charge on any atom is -0.483 e. The van der Waals surface area contributed by atoms with Gasteiger partial charge in [-0.3, -0.25) is 4.79 Å². The van der Waals surface area contributed by atoms with Crippen LogP contribution in [0.2, 0.25) is 5.02 Å². The fourth-order valence-electron chi connectivity index (χ4n) is 2.18. The second-order valence-electron chi connectivity index (χ2n) is 5.31. The molecule has 0 saturated heterocycles. The van der Waals surface area contributed by atoms with Crippen LogP contribution in [0.25, 0.3) is 0 Å². The second kappa shape index (κ2) is 8.37. The quantitative estimate of drug-likeness (QED) is 0.687. The highest BCUT2D eigenvalue weighted by Crippen LogP contribution is 2.28. The maximum Gasteiger partial charge on any atom is 0.262 e. The van der Waals surface area contributed by atoms with Crippen LogP contribution >= 0.6 is 27.5 Å². The van der Waals surface area contributed by atoms with E-state index in [-0.39, 0.29) is 12.5 Å². The molecule has 0 heterocycles. The van der Waals surface area contributed by atoms with Crippen LogP contribution in [0.4, 0.5) is 5.69 Å². The molecule has 1 amide bonds. The lowest BCUT2D eigenvalue weighted by Crippen LogP contribution is -2.21. The molecule has 0 saturated carbocycles. The number of carbonyl (C=O) groups excluding carboxylic acids is 1. The van der Waals surface area contributed by atoms with E-state index in [1.807, 2.05) is 24.3 Å². The summed E-state index contributed by atoms with van der Waals surface area (Å²) in [6.07, 6.45) is 1.01. The highest BCUT2D eigenvalue weighted by Gasteiger charge is 2.12. The first-order valence-corrected chi connectivity index (χ1v) is 8.65. The zero-order valence-corrected chi connectivity index (χ0v) is 15.4. The Hall–Kier alpha value is -1.52. The first-order chi connectivity index (χ1) is 11.0. The molecule has 0 aliphatic heterocycles. The molecule has 2 rings (SSSR count). The summed E-state index contributed by atoms with van der Waals surface area (Å²) >= 11 is 9.25. The number of hydrogen-bond acceptors (Lipinski definition) is 2. The Kier molecular flexibility index (Phi) is 6.48. The van der Waals surface area contributed by atoms with E-state index >= 15 is 0 Å². The third kappa shape index (κ3) is 4.98. The van der Waals surface area contributed by atoms with Gasteiger partial charge in [-0.1, -0.05) is 43.6 Å². The van der Waals surface area contributed by atoms with Crippen LogP contribution < -0.4 is 10.1 Å². The lowest BCUT2D eigenvalue weighted by atomic mass is 9.97. The van der Waals surface area contributed by atoms with Crippen molar-refractivity contribution in [3.05, 3.63) is 57.5 Å². The topological polar surface area (TPSA) is 38.3 Å². The number of nitrogens with one attached hydrogen (secondary N) is 1. The van der Waals surface area contributed by atoms with Crippen molar-refractivity contribution in [3.8, 4) is 5.75 Å². The van der Waals surface area contributed by atoms with Gasteiger partial charge in [-0.15, -0.1) is 0 Å². The molecular weight excluding hydrogens is 378 g/mol. The molecule has 0 fully saturated rings. The summed E-state index contributed by atoms with van der Waals surface area (Å²) in [5.41, 5.74) is 1.97. The van der Waals surface area contributed by atoms with E-state index < -0.39 is 0 Å². The molecule has 0 aliphatic carbocycles. The number of ether oxygens (including phenoxy) is 1. The second-order valence-corrected chi connectivity index (χ2v) is 6.60. The van der Waals surface area contributed by atoms with Gasteiger partial charge in [0.2, 0.25) is 0 Å². The minimum atomic E-state index is -0.192. The Morgan fingerprint density at radius 2 is 2.04 bits per heavy atom. The fraction of sp³-hybridized carbons (Fsp3) is 0.278. The summed E-state index contributed by atoms with van der Waals surface area (Å²) in [6, 6.07) is 13.0. The van der Waals surface area contributed by atoms with Crippen molar-refractivity contribution in [1.29, 1.82) is 0 Å². The Morgan fingerprint density at radius 3 is 2.74 bits per heavy atom. The van der Waals surface area contributed by atoms with E-state index in [1.165, 1.54) is 0 Å². The Bertz CT molecular complexity index is 690. The zero-order chi connectivity index (χ0) is 16.8. The van der Waals surface area contributed by atoms with Gasteiger partial charge in [0.1, 0.15) is 5.75 Å². The van der Waals surface area contributed by atoms with E-state index in [1.54, 1.807) is 18.2 Å². The fourth-order valence-corrected chi connectivity index (χ4v) is 2.98. The van der Waals surface area contributed by atoms with E-state index in [2.05, 4.69) is 35.1 Å². The Morgan fingerprint density at radius 1 is 1.30 bits per heavy atom. The van der Waals surface area contributed by atoms with E-state index in [0.29, 0.717) is 16.7 Å². The molecule has 1 N–H and O–H groups in total. The van der Waals surface area contributed by atoms with Gasteiger partial charge < -0.3 is 10.1 Å². The molecule has 0 aromatic heterocycles. The van der Waals surface area contributed by atoms with Gasteiger partial charge in [0.25, 0.3) is 5.91 Å². The largest absolute Gasteiger partial charge is 0.483 e. The molecule has 0 bridgehead atoms. The zero-order valence-electron chi connectivity index (χ0n) is 13.1. The molecule has 122 valence electrons. The average molecular weight is 397 g/mol. The summed E-state index contributed by atoms with van der Waals surface area (Å²) in [7, 11) is 0. The number of amides is 1. The summed E-state index contributed by atoms with van der Waals surface area (Å²) in [4.78, 5) is 12.1. The van der Waals surface area contributed by atoms with Crippen molar-refractivity contribution in [2.24, 2.45) is 0 Å².